The third kappa shape index (κ3) is 3.50. The summed E-state index contributed by atoms with van der Waals surface area (Å²) in [4.78, 5) is 20.9. The van der Waals surface area contributed by atoms with Gasteiger partial charge in [-0.2, -0.15) is 0 Å². The van der Waals surface area contributed by atoms with Gasteiger partial charge in [0.15, 0.2) is 0 Å². The number of amides is 1. The van der Waals surface area contributed by atoms with Gasteiger partial charge in [-0.15, -0.1) is 11.3 Å². The Kier molecular flexibility index (Phi) is 5.00. The fraction of sp³-hybridized carbons (Fsp3) is 0.615. The Bertz CT molecular complexity index is 515. The van der Waals surface area contributed by atoms with Crippen LogP contribution in [0.1, 0.15) is 27.4 Å². The van der Waals surface area contributed by atoms with Crippen LogP contribution in [0.15, 0.2) is 17.2 Å². The zero-order chi connectivity index (χ0) is 14.5. The highest BCUT2D eigenvalue weighted by Crippen LogP contribution is 2.22. The summed E-state index contributed by atoms with van der Waals surface area (Å²) in [5.74, 6) is 0.0664. The Morgan fingerprint density at radius 2 is 2.25 bits per heavy atom. The zero-order valence-corrected chi connectivity index (χ0v) is 12.6. The molecule has 0 aliphatic carbocycles. The molecule has 1 saturated heterocycles. The van der Waals surface area contributed by atoms with E-state index >= 15 is 0 Å². The first-order valence-corrected chi connectivity index (χ1v) is 7.48. The van der Waals surface area contributed by atoms with Crippen LogP contribution in [0.4, 0.5) is 0 Å². The topological polar surface area (TPSA) is 72.3 Å². The van der Waals surface area contributed by atoms with Gasteiger partial charge in [0.1, 0.15) is 0 Å². The van der Waals surface area contributed by atoms with E-state index in [9.17, 15) is 4.79 Å². The van der Waals surface area contributed by atoms with Crippen molar-refractivity contribution in [3.05, 3.63) is 32.3 Å². The average molecular weight is 293 g/mol. The van der Waals surface area contributed by atoms with Crippen molar-refractivity contribution in [2.24, 2.45) is 5.11 Å². The van der Waals surface area contributed by atoms with Gasteiger partial charge in [-0.3, -0.25) is 4.79 Å². The first kappa shape index (κ1) is 14.8. The minimum absolute atomic E-state index is 0.0664. The van der Waals surface area contributed by atoms with E-state index in [1.165, 1.54) is 11.3 Å². The molecular formula is C13H19N5OS. The molecule has 1 aromatic rings. The molecule has 7 heteroatoms. The molecule has 1 amide bonds. The highest BCUT2D eigenvalue weighted by atomic mass is 32.1. The van der Waals surface area contributed by atoms with E-state index < -0.39 is 0 Å². The van der Waals surface area contributed by atoms with Gasteiger partial charge in [0.2, 0.25) is 0 Å². The monoisotopic (exact) mass is 293 g/mol. The van der Waals surface area contributed by atoms with E-state index in [1.807, 2.05) is 24.1 Å². The molecule has 0 N–H and O–H groups in total. The van der Waals surface area contributed by atoms with Crippen LogP contribution in [0.2, 0.25) is 0 Å². The van der Waals surface area contributed by atoms with Gasteiger partial charge in [0, 0.05) is 22.9 Å². The zero-order valence-electron chi connectivity index (χ0n) is 11.8. The fourth-order valence-electron chi connectivity index (χ4n) is 2.40. The smallest absolute Gasteiger partial charge is 0.263 e. The normalized spacial score (nSPS) is 16.7. The van der Waals surface area contributed by atoms with Crippen LogP contribution >= 0.6 is 11.3 Å². The number of likely N-dealkylation sites (tertiary alicyclic amines) is 1. The molecule has 0 aromatic carbocycles. The molecule has 20 heavy (non-hydrogen) atoms. The number of hydrogen-bond acceptors (Lipinski definition) is 4. The molecular weight excluding hydrogens is 274 g/mol. The molecule has 108 valence electrons. The molecule has 1 aliphatic rings. The highest BCUT2D eigenvalue weighted by Gasteiger charge is 2.25. The third-order valence-electron chi connectivity index (χ3n) is 3.72. The number of carbonyl (C=O) groups excluding carboxylic acids is 1. The quantitative estimate of drug-likeness (QED) is 0.486. The number of nitrogens with zero attached hydrogens (tertiary/aromatic N) is 5. The lowest BCUT2D eigenvalue weighted by molar-refractivity contribution is 0.0664. The van der Waals surface area contributed by atoms with Crippen LogP contribution in [0.5, 0.6) is 0 Å². The van der Waals surface area contributed by atoms with Crippen LogP contribution in [-0.2, 0) is 6.54 Å². The van der Waals surface area contributed by atoms with Gasteiger partial charge in [0.25, 0.3) is 5.91 Å². The summed E-state index contributed by atoms with van der Waals surface area (Å²) in [6, 6.07) is 4.00. The first-order chi connectivity index (χ1) is 9.61. The van der Waals surface area contributed by atoms with Crippen molar-refractivity contribution in [2.45, 2.75) is 25.4 Å². The molecule has 0 saturated carbocycles. The fourth-order valence-corrected chi connectivity index (χ4v) is 3.31. The van der Waals surface area contributed by atoms with E-state index in [0.717, 1.165) is 35.7 Å². The molecule has 1 aliphatic heterocycles. The molecule has 6 nitrogen and oxygen atoms in total. The highest BCUT2D eigenvalue weighted by molar-refractivity contribution is 7.14. The van der Waals surface area contributed by atoms with Crippen molar-refractivity contribution < 1.29 is 4.79 Å². The van der Waals surface area contributed by atoms with E-state index in [0.29, 0.717) is 12.6 Å². The van der Waals surface area contributed by atoms with Gasteiger partial charge in [-0.1, -0.05) is 5.11 Å². The largest absolute Gasteiger partial charge is 0.338 e. The number of hydrogen-bond donors (Lipinski definition) is 0. The number of thiophene rings is 1. The second kappa shape index (κ2) is 6.74. The van der Waals surface area contributed by atoms with Gasteiger partial charge in [0.05, 0.1) is 11.4 Å². The van der Waals surface area contributed by atoms with Crippen LogP contribution in [-0.4, -0.2) is 48.9 Å². The molecule has 1 aromatic heterocycles. The van der Waals surface area contributed by atoms with Crippen LogP contribution in [0.3, 0.4) is 0 Å². The second-order valence-corrected chi connectivity index (χ2v) is 6.27. The van der Waals surface area contributed by atoms with Gasteiger partial charge < -0.3 is 9.80 Å². The predicted molar refractivity (Wildman–Crippen MR) is 79.8 cm³/mol. The summed E-state index contributed by atoms with van der Waals surface area (Å²) in [5.41, 5.74) is 8.31. The summed E-state index contributed by atoms with van der Waals surface area (Å²) in [6.07, 6.45) is 2.05. The molecule has 0 radical (unpaired) electrons. The lowest BCUT2D eigenvalue weighted by Crippen LogP contribution is -2.44. The van der Waals surface area contributed by atoms with Gasteiger partial charge >= 0.3 is 0 Å². The molecule has 0 spiro atoms. The minimum Gasteiger partial charge on any atom is -0.338 e. The second-order valence-electron chi connectivity index (χ2n) is 5.11. The Morgan fingerprint density at radius 3 is 2.90 bits per heavy atom. The van der Waals surface area contributed by atoms with E-state index in [1.54, 1.807) is 0 Å². The predicted octanol–water partition coefficient (Wildman–Crippen LogP) is 2.72. The van der Waals surface area contributed by atoms with Gasteiger partial charge in [-0.25, -0.2) is 0 Å². The maximum Gasteiger partial charge on any atom is 0.263 e. The van der Waals surface area contributed by atoms with E-state index in [-0.39, 0.29) is 5.91 Å². The van der Waals surface area contributed by atoms with Crippen LogP contribution in [0, 0.1) is 0 Å². The molecule has 0 atom stereocenters. The lowest BCUT2D eigenvalue weighted by atomic mass is 10.0. The lowest BCUT2D eigenvalue weighted by Gasteiger charge is -2.34. The summed E-state index contributed by atoms with van der Waals surface area (Å²) in [6.45, 7) is 2.39. The Morgan fingerprint density at radius 1 is 1.55 bits per heavy atom. The molecule has 2 rings (SSSR count). The third-order valence-corrected chi connectivity index (χ3v) is 4.78. The van der Waals surface area contributed by atoms with Crippen LogP contribution in [0.25, 0.3) is 10.4 Å². The average Bonchev–Trinajstić information content (AvgIpc) is 2.93. The van der Waals surface area contributed by atoms with Crippen molar-refractivity contribution in [3.8, 4) is 0 Å². The summed E-state index contributed by atoms with van der Waals surface area (Å²) in [5, 5.41) is 3.52. The van der Waals surface area contributed by atoms with Crippen molar-refractivity contribution in [3.63, 3.8) is 0 Å². The molecule has 0 bridgehead atoms. The van der Waals surface area contributed by atoms with Crippen molar-refractivity contribution >= 4 is 17.2 Å². The number of piperidine rings is 1. The Hall–Kier alpha value is -1.56. The van der Waals surface area contributed by atoms with Crippen LogP contribution < -0.4 is 0 Å². The maximum absolute atomic E-state index is 12.4. The number of rotatable bonds is 4. The SMILES string of the molecule is CN1CCC(N(C)C(=O)c2ccc(CN=[N+]=[N-])s2)CC1. The minimum atomic E-state index is 0.0664. The van der Waals surface area contributed by atoms with Crippen molar-refractivity contribution in [2.75, 3.05) is 27.2 Å². The number of azide groups is 1. The first-order valence-electron chi connectivity index (χ1n) is 6.67. The summed E-state index contributed by atoms with van der Waals surface area (Å²) < 4.78 is 0. The maximum atomic E-state index is 12.4. The number of carbonyl (C=O) groups is 1. The van der Waals surface area contributed by atoms with Crippen molar-refractivity contribution in [1.82, 2.24) is 9.80 Å². The standard InChI is InChI=1S/C13H19N5OS/c1-17-7-5-10(6-8-17)18(2)13(19)12-4-3-11(20-12)9-15-16-14/h3-4,10H,5-9H2,1-2H3. The summed E-state index contributed by atoms with van der Waals surface area (Å²) in [7, 11) is 3.99. The summed E-state index contributed by atoms with van der Waals surface area (Å²) >= 11 is 1.41. The van der Waals surface area contributed by atoms with Gasteiger partial charge in [-0.05, 0) is 50.6 Å². The van der Waals surface area contributed by atoms with E-state index in [4.69, 9.17) is 5.53 Å². The van der Waals surface area contributed by atoms with E-state index in [2.05, 4.69) is 22.0 Å². The molecule has 2 heterocycles. The molecule has 0 unspecified atom stereocenters. The Balaban J connectivity index is 1.99. The Labute approximate surface area is 122 Å². The van der Waals surface area contributed by atoms with Crippen molar-refractivity contribution in [1.29, 1.82) is 0 Å². The molecule has 1 fully saturated rings.